The van der Waals surface area contributed by atoms with Crippen LogP contribution < -0.4 is 9.80 Å². The van der Waals surface area contributed by atoms with E-state index >= 15 is 0 Å². The lowest BCUT2D eigenvalue weighted by Crippen LogP contribution is -2.53. The maximum absolute atomic E-state index is 13.5. The fraction of sp³-hybridized carbons (Fsp3) is 0.417. The normalized spacial score (nSPS) is 17.0. The number of ether oxygens (including phenoxy) is 1. The molecule has 36 heavy (non-hydrogen) atoms. The third kappa shape index (κ3) is 5.07. The molecule has 12 heteroatoms. The van der Waals surface area contributed by atoms with Crippen molar-refractivity contribution in [2.75, 3.05) is 23.5 Å². The molecule has 3 rings (SSSR count). The molecule has 0 radical (unpaired) electrons. The number of methoxy groups -OCH3 is 1. The summed E-state index contributed by atoms with van der Waals surface area (Å²) in [5.41, 5.74) is -1.98. The number of amides is 1. The molecule has 0 saturated carbocycles. The molecule has 196 valence electrons. The molecule has 0 aromatic heterocycles. The van der Waals surface area contributed by atoms with Crippen LogP contribution in [0.2, 0.25) is 0 Å². The fourth-order valence-electron chi connectivity index (χ4n) is 4.32. The third-order valence-electron chi connectivity index (χ3n) is 6.27. The van der Waals surface area contributed by atoms with Gasteiger partial charge in [0.1, 0.15) is 0 Å². The van der Waals surface area contributed by atoms with E-state index in [1.807, 2.05) is 0 Å². The van der Waals surface area contributed by atoms with Crippen LogP contribution in [0.3, 0.4) is 0 Å². The summed E-state index contributed by atoms with van der Waals surface area (Å²) in [4.78, 5) is 27.5. The number of carboxylic acid groups (broad SMARTS) is 1. The van der Waals surface area contributed by atoms with Gasteiger partial charge in [-0.1, -0.05) is 6.92 Å². The number of carbonyl (C=O) groups is 2. The van der Waals surface area contributed by atoms with Gasteiger partial charge in [0, 0.05) is 6.54 Å². The second kappa shape index (κ2) is 9.55. The summed E-state index contributed by atoms with van der Waals surface area (Å²) < 4.78 is 86.1. The average Bonchev–Trinajstić information content (AvgIpc) is 2.78. The van der Waals surface area contributed by atoms with Gasteiger partial charge in [-0.2, -0.15) is 26.3 Å². The number of anilines is 2. The van der Waals surface area contributed by atoms with Gasteiger partial charge in [0.05, 0.1) is 35.7 Å². The van der Waals surface area contributed by atoms with Crippen LogP contribution in [0, 0.1) is 13.8 Å². The Kier molecular flexibility index (Phi) is 7.20. The van der Waals surface area contributed by atoms with E-state index in [1.165, 1.54) is 4.90 Å². The summed E-state index contributed by atoms with van der Waals surface area (Å²) >= 11 is 0. The zero-order valence-corrected chi connectivity index (χ0v) is 19.8. The van der Waals surface area contributed by atoms with E-state index in [0.717, 1.165) is 12.0 Å². The molecule has 2 unspecified atom stereocenters. The first-order valence-electron chi connectivity index (χ1n) is 10.9. The van der Waals surface area contributed by atoms with Crippen LogP contribution in [-0.4, -0.2) is 36.9 Å². The molecule has 2 aromatic rings. The molecule has 0 bridgehead atoms. The first kappa shape index (κ1) is 27.2. The molecule has 0 fully saturated rings. The van der Waals surface area contributed by atoms with E-state index in [1.54, 1.807) is 32.9 Å². The Bertz CT molecular complexity index is 1150. The highest BCUT2D eigenvalue weighted by molar-refractivity contribution is 5.95. The van der Waals surface area contributed by atoms with E-state index in [0.29, 0.717) is 23.3 Å². The van der Waals surface area contributed by atoms with Gasteiger partial charge in [0.15, 0.2) is 6.04 Å². The molecule has 0 saturated heterocycles. The number of esters is 1. The topological polar surface area (TPSA) is 70.1 Å². The van der Waals surface area contributed by atoms with Crippen molar-refractivity contribution in [3.05, 3.63) is 58.1 Å². The van der Waals surface area contributed by atoms with E-state index in [4.69, 9.17) is 4.74 Å². The first-order chi connectivity index (χ1) is 16.6. The van der Waals surface area contributed by atoms with E-state index in [-0.39, 0.29) is 30.4 Å². The number of halogens is 6. The maximum atomic E-state index is 13.5. The monoisotopic (exact) mass is 518 g/mol. The minimum absolute atomic E-state index is 0.0174. The van der Waals surface area contributed by atoms with Crippen LogP contribution in [-0.2, 0) is 21.9 Å². The van der Waals surface area contributed by atoms with Crippen molar-refractivity contribution < 1.29 is 45.8 Å². The highest BCUT2D eigenvalue weighted by Crippen LogP contribution is 2.44. The van der Waals surface area contributed by atoms with Crippen LogP contribution in [0.25, 0.3) is 0 Å². The fourth-order valence-corrected chi connectivity index (χ4v) is 4.32. The largest absolute Gasteiger partial charge is 0.467 e. The second-order valence-electron chi connectivity index (χ2n) is 8.56. The molecule has 2 atom stereocenters. The third-order valence-corrected chi connectivity index (χ3v) is 6.27. The van der Waals surface area contributed by atoms with Gasteiger partial charge in [-0.05, 0) is 67.3 Å². The number of fused-ring (bicyclic) bond motifs is 1. The summed E-state index contributed by atoms with van der Waals surface area (Å²) in [5.74, 6) is -1.09. The molecule has 1 heterocycles. The number of rotatable bonds is 4. The molecule has 0 spiro atoms. The minimum Gasteiger partial charge on any atom is -0.467 e. The van der Waals surface area contributed by atoms with Crippen molar-refractivity contribution in [3.63, 3.8) is 0 Å². The Hall–Kier alpha value is -3.44. The first-order valence-corrected chi connectivity index (χ1v) is 10.9. The van der Waals surface area contributed by atoms with Crippen LogP contribution in [0.1, 0.15) is 47.2 Å². The standard InChI is InChI=1S/C24H24F6N2O4/c1-5-17-11-31(18-6-12(2)13(3)7-19(18)32(17)22(34)35)20(21(33)36-4)14-8-15(23(25,26)27)10-16(9-14)24(28,29)30/h6-10,17,20H,5,11H2,1-4H3,(H,34,35). The average molecular weight is 518 g/mol. The van der Waals surface area contributed by atoms with Crippen LogP contribution >= 0.6 is 0 Å². The van der Waals surface area contributed by atoms with Crippen molar-refractivity contribution in [2.24, 2.45) is 0 Å². The number of nitrogens with zero attached hydrogens (tertiary/aromatic N) is 2. The molecular formula is C24H24F6N2O4. The van der Waals surface area contributed by atoms with Crippen LogP contribution in [0.15, 0.2) is 30.3 Å². The Morgan fingerprint density at radius 1 is 0.972 bits per heavy atom. The Balaban J connectivity index is 2.33. The lowest BCUT2D eigenvalue weighted by molar-refractivity contribution is -0.145. The smallest absolute Gasteiger partial charge is 0.416 e. The van der Waals surface area contributed by atoms with Crippen LogP contribution in [0.5, 0.6) is 0 Å². The van der Waals surface area contributed by atoms with E-state index in [2.05, 4.69) is 0 Å². The molecule has 0 aliphatic carbocycles. The molecule has 1 aliphatic rings. The Morgan fingerprint density at radius 2 is 1.47 bits per heavy atom. The van der Waals surface area contributed by atoms with Gasteiger partial charge in [-0.15, -0.1) is 0 Å². The Morgan fingerprint density at radius 3 is 1.89 bits per heavy atom. The highest BCUT2D eigenvalue weighted by Gasteiger charge is 2.43. The number of carbonyl (C=O) groups excluding carboxylic acids is 1. The number of alkyl halides is 6. The maximum Gasteiger partial charge on any atom is 0.416 e. The number of aryl methyl sites for hydroxylation is 2. The number of hydrogen-bond donors (Lipinski definition) is 1. The summed E-state index contributed by atoms with van der Waals surface area (Å²) in [5, 5.41) is 9.86. The highest BCUT2D eigenvalue weighted by atomic mass is 19.4. The van der Waals surface area contributed by atoms with Crippen molar-refractivity contribution in [2.45, 2.75) is 51.6 Å². The zero-order chi connectivity index (χ0) is 27.2. The lowest BCUT2D eigenvalue weighted by atomic mass is 9.94. The molecule has 6 nitrogen and oxygen atoms in total. The van der Waals surface area contributed by atoms with Gasteiger partial charge in [0.2, 0.25) is 0 Å². The van der Waals surface area contributed by atoms with E-state index < -0.39 is 53.2 Å². The van der Waals surface area contributed by atoms with E-state index in [9.17, 15) is 41.0 Å². The molecular weight excluding hydrogens is 494 g/mol. The molecule has 1 aliphatic heterocycles. The van der Waals surface area contributed by atoms with Crippen molar-refractivity contribution >= 4 is 23.4 Å². The summed E-state index contributed by atoms with van der Waals surface area (Å²) in [6, 6.07) is 1.64. The second-order valence-corrected chi connectivity index (χ2v) is 8.56. The van der Waals surface area contributed by atoms with Gasteiger partial charge in [-0.25, -0.2) is 9.59 Å². The quantitative estimate of drug-likeness (QED) is 0.378. The van der Waals surface area contributed by atoms with Gasteiger partial charge in [-0.3, -0.25) is 4.90 Å². The Labute approximate surface area is 203 Å². The molecule has 1 amide bonds. The zero-order valence-electron chi connectivity index (χ0n) is 19.8. The van der Waals surface area contributed by atoms with Crippen molar-refractivity contribution in [1.29, 1.82) is 0 Å². The van der Waals surface area contributed by atoms with Crippen molar-refractivity contribution in [3.8, 4) is 0 Å². The number of benzene rings is 2. The molecule has 2 aromatic carbocycles. The van der Waals surface area contributed by atoms with Crippen LogP contribution in [0.4, 0.5) is 42.5 Å². The van der Waals surface area contributed by atoms with Gasteiger partial charge in [0.25, 0.3) is 0 Å². The van der Waals surface area contributed by atoms with Gasteiger partial charge < -0.3 is 14.7 Å². The summed E-state index contributed by atoms with van der Waals surface area (Å²) in [6.07, 6.45) is -11.2. The number of hydrogen-bond acceptors (Lipinski definition) is 4. The van der Waals surface area contributed by atoms with Gasteiger partial charge >= 0.3 is 24.4 Å². The predicted octanol–water partition coefficient (Wildman–Crippen LogP) is 6.34. The predicted molar refractivity (Wildman–Crippen MR) is 119 cm³/mol. The molecule has 1 N–H and O–H groups in total. The lowest BCUT2D eigenvalue weighted by Gasteiger charge is -2.45. The van der Waals surface area contributed by atoms with Crippen molar-refractivity contribution in [1.82, 2.24) is 0 Å². The minimum atomic E-state index is -5.11. The SMILES string of the molecule is CCC1CN(C(C(=O)OC)c2cc(C(F)(F)F)cc(C(F)(F)F)c2)c2cc(C)c(C)cc2N1C(=O)O. The summed E-state index contributed by atoms with van der Waals surface area (Å²) in [7, 11) is 0.972. The summed E-state index contributed by atoms with van der Waals surface area (Å²) in [6.45, 7) is 4.96.